The average Bonchev–Trinajstić information content (AvgIpc) is 3.34. The Kier molecular flexibility index (Phi) is 7.30. The first kappa shape index (κ1) is 26.7. The minimum atomic E-state index is -0.455. The molecule has 4 aromatic rings. The molecule has 200 valence electrons. The Labute approximate surface area is 233 Å². The topological polar surface area (TPSA) is 69.7 Å². The van der Waals surface area contributed by atoms with E-state index in [0.29, 0.717) is 17.1 Å². The molecule has 1 aliphatic rings. The van der Waals surface area contributed by atoms with E-state index in [1.54, 1.807) is 62.2 Å². The molecular weight excluding hydrogens is 508 g/mol. The highest BCUT2D eigenvalue weighted by Crippen LogP contribution is 2.48. The molecule has 0 spiro atoms. The first-order chi connectivity index (χ1) is 18.7. The van der Waals surface area contributed by atoms with E-state index in [-0.39, 0.29) is 11.6 Å². The molecule has 0 amide bonds. The zero-order valence-corrected chi connectivity index (χ0v) is 23.8. The molecule has 1 atom stereocenters. The Hall–Kier alpha value is -3.94. The largest absolute Gasteiger partial charge is 0.496 e. The highest BCUT2D eigenvalue weighted by atomic mass is 32.1. The smallest absolute Gasteiger partial charge is 0.343 e. The maximum Gasteiger partial charge on any atom is 0.343 e. The number of anilines is 1. The fourth-order valence-electron chi connectivity index (χ4n) is 5.23. The molecule has 5 rings (SSSR count). The summed E-state index contributed by atoms with van der Waals surface area (Å²) in [5.74, 6) is 0.538. The number of ether oxygens (including phenoxy) is 3. The number of methoxy groups -OCH3 is 2. The van der Waals surface area contributed by atoms with Crippen LogP contribution in [0.3, 0.4) is 0 Å². The summed E-state index contributed by atoms with van der Waals surface area (Å²) < 4.78 is 17.7. The molecule has 6 nitrogen and oxygen atoms in total. The number of hydrogen-bond donors (Lipinski definition) is 1. The zero-order chi connectivity index (χ0) is 27.7. The van der Waals surface area contributed by atoms with Gasteiger partial charge in [-0.05, 0) is 81.3 Å². The standard InChI is InChI=1S/C32H32N2O4S/c1-19-18-32(3,4)34-25-11-10-24(29(28(19)25)30(37-6)27-12-7-20(2)39-27)23-9-8-22(17-26(23)36-5)38-31(35)21-13-15-33-16-14-21/h7-18,30,34H,1-6H3. The first-order valence-electron chi connectivity index (χ1n) is 12.8. The van der Waals surface area contributed by atoms with Crippen molar-refractivity contribution < 1.29 is 19.0 Å². The second kappa shape index (κ2) is 10.7. The Balaban J connectivity index is 1.65. The number of fused-ring (bicyclic) bond motifs is 1. The van der Waals surface area contributed by atoms with Crippen LogP contribution < -0.4 is 14.8 Å². The van der Waals surface area contributed by atoms with Gasteiger partial charge in [0.2, 0.25) is 0 Å². The van der Waals surface area contributed by atoms with Gasteiger partial charge in [0.25, 0.3) is 0 Å². The molecule has 3 heterocycles. The Morgan fingerprint density at radius 2 is 1.72 bits per heavy atom. The van der Waals surface area contributed by atoms with Crippen molar-refractivity contribution in [3.8, 4) is 22.6 Å². The number of esters is 1. The summed E-state index contributed by atoms with van der Waals surface area (Å²) in [5, 5.41) is 3.67. The van der Waals surface area contributed by atoms with Crippen LogP contribution in [0.15, 0.2) is 73.1 Å². The van der Waals surface area contributed by atoms with Crippen molar-refractivity contribution in [2.24, 2.45) is 0 Å². The van der Waals surface area contributed by atoms with E-state index in [4.69, 9.17) is 14.2 Å². The molecule has 0 saturated carbocycles. The number of benzene rings is 2. The number of aromatic nitrogens is 1. The average molecular weight is 541 g/mol. The second-order valence-electron chi connectivity index (χ2n) is 10.2. The van der Waals surface area contributed by atoms with Crippen LogP contribution >= 0.6 is 11.3 Å². The highest BCUT2D eigenvalue weighted by Gasteiger charge is 2.31. The molecule has 7 heteroatoms. The molecule has 0 saturated heterocycles. The van der Waals surface area contributed by atoms with E-state index in [9.17, 15) is 4.79 Å². The van der Waals surface area contributed by atoms with Crippen molar-refractivity contribution in [1.29, 1.82) is 0 Å². The highest BCUT2D eigenvalue weighted by molar-refractivity contribution is 7.12. The third kappa shape index (κ3) is 5.33. The van der Waals surface area contributed by atoms with Crippen molar-refractivity contribution in [1.82, 2.24) is 4.98 Å². The summed E-state index contributed by atoms with van der Waals surface area (Å²) in [7, 11) is 3.37. The van der Waals surface area contributed by atoms with Crippen LogP contribution in [-0.4, -0.2) is 30.7 Å². The van der Waals surface area contributed by atoms with Crippen LogP contribution in [0.25, 0.3) is 16.7 Å². The van der Waals surface area contributed by atoms with Gasteiger partial charge in [0, 0.05) is 57.7 Å². The summed E-state index contributed by atoms with van der Waals surface area (Å²) >= 11 is 1.73. The van der Waals surface area contributed by atoms with Gasteiger partial charge in [-0.3, -0.25) is 4.98 Å². The van der Waals surface area contributed by atoms with Gasteiger partial charge < -0.3 is 19.5 Å². The van der Waals surface area contributed by atoms with Gasteiger partial charge in [-0.1, -0.05) is 12.1 Å². The first-order valence-corrected chi connectivity index (χ1v) is 13.6. The maximum absolute atomic E-state index is 12.6. The SMILES string of the molecule is COc1cc(OC(=O)c2ccncc2)ccc1-c1ccc2c(c1C(OC)c1ccc(C)s1)C(C)=CC(C)(C)N2. The molecule has 1 unspecified atom stereocenters. The van der Waals surface area contributed by atoms with Gasteiger partial charge in [0.15, 0.2) is 0 Å². The predicted octanol–water partition coefficient (Wildman–Crippen LogP) is 7.69. The van der Waals surface area contributed by atoms with E-state index < -0.39 is 5.97 Å². The number of aryl methyl sites for hydroxylation is 1. The Morgan fingerprint density at radius 3 is 2.38 bits per heavy atom. The minimum absolute atomic E-state index is 0.171. The maximum atomic E-state index is 12.6. The number of allylic oxidation sites excluding steroid dienone is 1. The van der Waals surface area contributed by atoms with Gasteiger partial charge in [-0.25, -0.2) is 4.79 Å². The van der Waals surface area contributed by atoms with Crippen molar-refractivity contribution in [2.45, 2.75) is 39.3 Å². The van der Waals surface area contributed by atoms with E-state index in [2.05, 4.69) is 68.3 Å². The lowest BCUT2D eigenvalue weighted by atomic mass is 9.82. The molecule has 2 aromatic heterocycles. The van der Waals surface area contributed by atoms with E-state index in [0.717, 1.165) is 32.8 Å². The van der Waals surface area contributed by atoms with Gasteiger partial charge in [-0.2, -0.15) is 0 Å². The van der Waals surface area contributed by atoms with Crippen LogP contribution in [0, 0.1) is 6.92 Å². The number of rotatable bonds is 7. The van der Waals surface area contributed by atoms with E-state index in [1.165, 1.54) is 10.5 Å². The van der Waals surface area contributed by atoms with Crippen LogP contribution in [0.2, 0.25) is 0 Å². The zero-order valence-electron chi connectivity index (χ0n) is 23.0. The van der Waals surface area contributed by atoms with E-state index >= 15 is 0 Å². The van der Waals surface area contributed by atoms with Crippen molar-refractivity contribution in [3.63, 3.8) is 0 Å². The number of thiophene rings is 1. The number of nitrogens with zero attached hydrogens (tertiary/aromatic N) is 1. The third-order valence-electron chi connectivity index (χ3n) is 6.78. The van der Waals surface area contributed by atoms with E-state index in [1.807, 2.05) is 6.07 Å². The van der Waals surface area contributed by atoms with Crippen LogP contribution in [0.4, 0.5) is 5.69 Å². The van der Waals surface area contributed by atoms with Gasteiger partial charge in [-0.15, -0.1) is 11.3 Å². The predicted molar refractivity (Wildman–Crippen MR) is 157 cm³/mol. The lowest BCUT2D eigenvalue weighted by Crippen LogP contribution is -2.32. The number of carbonyl (C=O) groups excluding carboxylic acids is 1. The molecule has 39 heavy (non-hydrogen) atoms. The van der Waals surface area contributed by atoms with Crippen molar-refractivity contribution in [2.75, 3.05) is 19.5 Å². The number of carbonyl (C=O) groups is 1. The lowest BCUT2D eigenvalue weighted by Gasteiger charge is -2.35. The monoisotopic (exact) mass is 540 g/mol. The van der Waals surface area contributed by atoms with Gasteiger partial charge >= 0.3 is 5.97 Å². The molecule has 1 aliphatic heterocycles. The van der Waals surface area contributed by atoms with Crippen molar-refractivity contribution in [3.05, 3.63) is 99.5 Å². The number of pyridine rings is 1. The van der Waals surface area contributed by atoms with Gasteiger partial charge in [0.1, 0.15) is 17.6 Å². The lowest BCUT2D eigenvalue weighted by molar-refractivity contribution is 0.0734. The normalized spacial score (nSPS) is 14.6. The summed E-state index contributed by atoms with van der Waals surface area (Å²) in [4.78, 5) is 19.0. The van der Waals surface area contributed by atoms with Crippen LogP contribution in [0.1, 0.15) is 58.1 Å². The summed E-state index contributed by atoms with van der Waals surface area (Å²) in [6.45, 7) is 8.59. The minimum Gasteiger partial charge on any atom is -0.496 e. The molecule has 0 fully saturated rings. The molecular formula is C32H32N2O4S. The number of nitrogens with one attached hydrogen (secondary N) is 1. The molecule has 2 aromatic carbocycles. The fourth-order valence-corrected chi connectivity index (χ4v) is 6.20. The Morgan fingerprint density at radius 1 is 0.974 bits per heavy atom. The molecule has 0 bridgehead atoms. The summed E-state index contributed by atoms with van der Waals surface area (Å²) in [6, 6.07) is 17.2. The third-order valence-corrected chi connectivity index (χ3v) is 7.83. The second-order valence-corrected chi connectivity index (χ2v) is 11.5. The Bertz CT molecular complexity index is 1560. The summed E-state index contributed by atoms with van der Waals surface area (Å²) in [5.41, 5.74) is 6.57. The van der Waals surface area contributed by atoms with Crippen LogP contribution in [-0.2, 0) is 4.74 Å². The summed E-state index contributed by atoms with van der Waals surface area (Å²) in [6.07, 6.45) is 5.10. The van der Waals surface area contributed by atoms with Crippen molar-refractivity contribution >= 4 is 28.6 Å². The van der Waals surface area contributed by atoms with Gasteiger partial charge in [0.05, 0.1) is 18.2 Å². The molecule has 0 aliphatic carbocycles. The number of hydrogen-bond acceptors (Lipinski definition) is 7. The molecule has 0 radical (unpaired) electrons. The fraction of sp³-hybridized carbons (Fsp3) is 0.250. The molecule has 1 N–H and O–H groups in total. The van der Waals surface area contributed by atoms with Crippen LogP contribution in [0.5, 0.6) is 11.5 Å². The quantitative estimate of drug-likeness (QED) is 0.191.